The molecule has 0 saturated carbocycles. The molecule has 0 radical (unpaired) electrons. The fourth-order valence-electron chi connectivity index (χ4n) is 2.20. The Labute approximate surface area is 101 Å². The Morgan fingerprint density at radius 3 is 2.94 bits per heavy atom. The number of pyridine rings is 1. The molecular weight excluding hydrogens is 218 g/mol. The van der Waals surface area contributed by atoms with E-state index in [1.54, 1.807) is 12.3 Å². The van der Waals surface area contributed by atoms with Crippen molar-refractivity contribution in [2.45, 2.75) is 12.5 Å². The van der Waals surface area contributed by atoms with Gasteiger partial charge in [-0.1, -0.05) is 0 Å². The van der Waals surface area contributed by atoms with Gasteiger partial charge >= 0.3 is 5.97 Å². The highest BCUT2D eigenvalue weighted by Gasteiger charge is 2.26. The number of rotatable bonds is 3. The molecule has 1 aliphatic heterocycles. The molecule has 1 fully saturated rings. The summed E-state index contributed by atoms with van der Waals surface area (Å²) in [6.45, 7) is 1.74. The van der Waals surface area contributed by atoms with Gasteiger partial charge in [0.1, 0.15) is 0 Å². The standard InChI is InChI=1S/C12H17N3O2/c1-14(2)9-4-6-15(8-9)11-7-13-5-3-10(11)12(16)17/h3,5,7,9H,4,6,8H2,1-2H3,(H,16,17). The molecule has 0 spiro atoms. The van der Waals surface area contributed by atoms with Gasteiger partial charge in [-0.05, 0) is 26.6 Å². The number of anilines is 1. The first kappa shape index (κ1) is 11.9. The Bertz CT molecular complexity index is 420. The minimum absolute atomic E-state index is 0.333. The summed E-state index contributed by atoms with van der Waals surface area (Å²) in [5, 5.41) is 9.14. The van der Waals surface area contributed by atoms with E-state index in [-0.39, 0.29) is 0 Å². The van der Waals surface area contributed by atoms with E-state index in [0.29, 0.717) is 11.6 Å². The molecule has 1 aromatic rings. The quantitative estimate of drug-likeness (QED) is 0.844. The molecule has 5 nitrogen and oxygen atoms in total. The average molecular weight is 235 g/mol. The van der Waals surface area contributed by atoms with Crippen LogP contribution in [0, 0.1) is 0 Å². The van der Waals surface area contributed by atoms with Crippen LogP contribution in [-0.4, -0.2) is 54.2 Å². The zero-order valence-electron chi connectivity index (χ0n) is 10.1. The van der Waals surface area contributed by atoms with Crippen molar-refractivity contribution in [1.29, 1.82) is 0 Å². The van der Waals surface area contributed by atoms with E-state index in [1.165, 1.54) is 6.20 Å². The zero-order valence-corrected chi connectivity index (χ0v) is 10.1. The Kier molecular flexibility index (Phi) is 3.28. The zero-order chi connectivity index (χ0) is 12.4. The molecule has 2 rings (SSSR count). The molecule has 1 N–H and O–H groups in total. The third kappa shape index (κ3) is 2.39. The third-order valence-corrected chi connectivity index (χ3v) is 3.26. The smallest absolute Gasteiger partial charge is 0.337 e. The monoisotopic (exact) mass is 235 g/mol. The van der Waals surface area contributed by atoms with Crippen molar-refractivity contribution in [3.63, 3.8) is 0 Å². The van der Waals surface area contributed by atoms with Gasteiger partial charge in [0.15, 0.2) is 0 Å². The van der Waals surface area contributed by atoms with Crippen molar-refractivity contribution in [2.24, 2.45) is 0 Å². The summed E-state index contributed by atoms with van der Waals surface area (Å²) in [5.74, 6) is -0.893. The lowest BCUT2D eigenvalue weighted by molar-refractivity contribution is 0.0697. The molecule has 2 heterocycles. The number of nitrogens with zero attached hydrogens (tertiary/aromatic N) is 3. The molecule has 0 aliphatic carbocycles. The lowest BCUT2D eigenvalue weighted by atomic mass is 10.2. The van der Waals surface area contributed by atoms with Crippen LogP contribution in [0.3, 0.4) is 0 Å². The van der Waals surface area contributed by atoms with Crippen LogP contribution < -0.4 is 4.90 Å². The van der Waals surface area contributed by atoms with Gasteiger partial charge in [0.05, 0.1) is 17.4 Å². The maximum Gasteiger partial charge on any atom is 0.337 e. The number of aromatic carboxylic acids is 1. The Morgan fingerprint density at radius 2 is 2.35 bits per heavy atom. The number of carbonyl (C=O) groups is 1. The normalized spacial score (nSPS) is 19.9. The summed E-state index contributed by atoms with van der Waals surface area (Å²) in [6.07, 6.45) is 4.22. The molecule has 92 valence electrons. The number of aromatic nitrogens is 1. The molecule has 1 aliphatic rings. The summed E-state index contributed by atoms with van der Waals surface area (Å²) in [5.41, 5.74) is 1.06. The van der Waals surface area contributed by atoms with Gasteiger partial charge in [0.25, 0.3) is 0 Å². The van der Waals surface area contributed by atoms with Crippen LogP contribution in [0.2, 0.25) is 0 Å². The van der Waals surface area contributed by atoms with Crippen LogP contribution in [-0.2, 0) is 0 Å². The van der Waals surface area contributed by atoms with E-state index in [1.807, 2.05) is 0 Å². The molecule has 1 saturated heterocycles. The second-order valence-electron chi connectivity index (χ2n) is 4.55. The van der Waals surface area contributed by atoms with Crippen LogP contribution in [0.1, 0.15) is 16.8 Å². The fraction of sp³-hybridized carbons (Fsp3) is 0.500. The average Bonchev–Trinajstić information content (AvgIpc) is 2.78. The second kappa shape index (κ2) is 4.71. The van der Waals surface area contributed by atoms with E-state index in [2.05, 4.69) is 28.9 Å². The molecule has 5 heteroatoms. The van der Waals surface area contributed by atoms with Crippen LogP contribution in [0.25, 0.3) is 0 Å². The highest BCUT2D eigenvalue weighted by atomic mass is 16.4. The van der Waals surface area contributed by atoms with E-state index >= 15 is 0 Å². The van der Waals surface area contributed by atoms with Gasteiger partial charge in [0.2, 0.25) is 0 Å². The first-order chi connectivity index (χ1) is 8.09. The molecule has 1 aromatic heterocycles. The highest BCUT2D eigenvalue weighted by molar-refractivity contribution is 5.94. The predicted octanol–water partition coefficient (Wildman–Crippen LogP) is 0.920. The van der Waals surface area contributed by atoms with Crippen LogP contribution in [0.15, 0.2) is 18.5 Å². The molecular formula is C12H17N3O2. The van der Waals surface area contributed by atoms with E-state index in [9.17, 15) is 4.79 Å². The largest absolute Gasteiger partial charge is 0.478 e. The van der Waals surface area contributed by atoms with Gasteiger partial charge in [-0.25, -0.2) is 4.79 Å². The first-order valence-corrected chi connectivity index (χ1v) is 5.68. The summed E-state index contributed by atoms with van der Waals surface area (Å²) in [6, 6.07) is 2.04. The van der Waals surface area contributed by atoms with Crippen molar-refractivity contribution in [3.8, 4) is 0 Å². The van der Waals surface area contributed by atoms with Crippen LogP contribution >= 0.6 is 0 Å². The summed E-state index contributed by atoms with van der Waals surface area (Å²) in [4.78, 5) is 19.4. The Hall–Kier alpha value is -1.62. The number of hydrogen-bond donors (Lipinski definition) is 1. The van der Waals surface area contributed by atoms with E-state index in [0.717, 1.165) is 25.2 Å². The maximum absolute atomic E-state index is 11.1. The molecule has 1 atom stereocenters. The fourth-order valence-corrected chi connectivity index (χ4v) is 2.20. The Balaban J connectivity index is 2.21. The van der Waals surface area contributed by atoms with Gasteiger partial charge in [-0.3, -0.25) is 4.98 Å². The van der Waals surface area contributed by atoms with Gasteiger partial charge in [0, 0.05) is 25.3 Å². The summed E-state index contributed by atoms with van der Waals surface area (Å²) in [7, 11) is 4.10. The molecule has 0 bridgehead atoms. The first-order valence-electron chi connectivity index (χ1n) is 5.68. The highest BCUT2D eigenvalue weighted by Crippen LogP contribution is 2.24. The van der Waals surface area contributed by atoms with Crippen molar-refractivity contribution in [2.75, 3.05) is 32.1 Å². The number of carboxylic acid groups (broad SMARTS) is 1. The van der Waals surface area contributed by atoms with Crippen LogP contribution in [0.5, 0.6) is 0 Å². The molecule has 1 unspecified atom stereocenters. The topological polar surface area (TPSA) is 56.7 Å². The lowest BCUT2D eigenvalue weighted by Gasteiger charge is -2.22. The van der Waals surface area contributed by atoms with Gasteiger partial charge < -0.3 is 14.9 Å². The van der Waals surface area contributed by atoms with E-state index < -0.39 is 5.97 Å². The van der Waals surface area contributed by atoms with Crippen molar-refractivity contribution < 1.29 is 9.90 Å². The number of likely N-dealkylation sites (N-methyl/N-ethyl adjacent to an activating group) is 1. The van der Waals surface area contributed by atoms with Crippen LogP contribution in [0.4, 0.5) is 5.69 Å². The molecule has 17 heavy (non-hydrogen) atoms. The van der Waals surface area contributed by atoms with Crippen molar-refractivity contribution in [3.05, 3.63) is 24.0 Å². The second-order valence-corrected chi connectivity index (χ2v) is 4.55. The Morgan fingerprint density at radius 1 is 1.59 bits per heavy atom. The minimum Gasteiger partial charge on any atom is -0.478 e. The third-order valence-electron chi connectivity index (χ3n) is 3.26. The molecule has 0 aromatic carbocycles. The molecule has 0 amide bonds. The summed E-state index contributed by atoms with van der Waals surface area (Å²) < 4.78 is 0. The van der Waals surface area contributed by atoms with Crippen molar-refractivity contribution in [1.82, 2.24) is 9.88 Å². The maximum atomic E-state index is 11.1. The van der Waals surface area contributed by atoms with Gasteiger partial charge in [-0.15, -0.1) is 0 Å². The summed E-state index contributed by atoms with van der Waals surface area (Å²) >= 11 is 0. The predicted molar refractivity (Wildman–Crippen MR) is 65.5 cm³/mol. The lowest BCUT2D eigenvalue weighted by Crippen LogP contribution is -2.32. The van der Waals surface area contributed by atoms with E-state index in [4.69, 9.17) is 5.11 Å². The van der Waals surface area contributed by atoms with Crippen molar-refractivity contribution >= 4 is 11.7 Å². The van der Waals surface area contributed by atoms with Gasteiger partial charge in [-0.2, -0.15) is 0 Å². The SMILES string of the molecule is CN(C)C1CCN(c2cnccc2C(=O)O)C1. The number of hydrogen-bond acceptors (Lipinski definition) is 4. The minimum atomic E-state index is -0.893. The number of carboxylic acids is 1.